The maximum atomic E-state index is 12.6. The van der Waals surface area contributed by atoms with Gasteiger partial charge in [-0.05, 0) is 44.6 Å². The molecular weight excluding hydrogens is 387 g/mol. The summed E-state index contributed by atoms with van der Waals surface area (Å²) in [7, 11) is 0. The Hall–Kier alpha value is -0.310. The third-order valence-electron chi connectivity index (χ3n) is 1.61. The zero-order valence-corrected chi connectivity index (χ0v) is 10.9. The molecule has 15 heavy (non-hydrogen) atoms. The van der Waals surface area contributed by atoms with E-state index in [1.807, 2.05) is 22.6 Å². The molecule has 0 aromatic carbocycles. The molecule has 82 valence electrons. The van der Waals surface area contributed by atoms with E-state index in [-0.39, 0.29) is 10.2 Å². The Morgan fingerprint density at radius 3 is 2.73 bits per heavy atom. The van der Waals surface area contributed by atoms with Crippen molar-refractivity contribution in [3.8, 4) is 0 Å². The van der Waals surface area contributed by atoms with Crippen LogP contribution in [-0.2, 0) is 11.2 Å². The molecule has 0 aliphatic carbocycles. The fraction of sp³-hybridized carbons (Fsp3) is 0.250. The smallest absolute Gasteiger partial charge is 0.307 e. The lowest BCUT2D eigenvalue weighted by molar-refractivity contribution is -0.136. The maximum Gasteiger partial charge on any atom is 0.307 e. The standard InChI is InChI=1S/C8H5BrF2INO2/c9-5-2-4(12)3(1-6(14)15)7(13-5)8(10)11/h2,8H,1H2,(H,14,15). The Bertz CT molecular complexity index is 400. The molecule has 7 heteroatoms. The lowest BCUT2D eigenvalue weighted by Gasteiger charge is -2.08. The number of pyridine rings is 1. The van der Waals surface area contributed by atoms with Gasteiger partial charge in [0, 0.05) is 9.13 Å². The number of hydrogen-bond acceptors (Lipinski definition) is 2. The number of carboxylic acid groups (broad SMARTS) is 1. The van der Waals surface area contributed by atoms with E-state index in [4.69, 9.17) is 5.11 Å². The van der Waals surface area contributed by atoms with Gasteiger partial charge in [0.15, 0.2) is 0 Å². The first-order valence-electron chi connectivity index (χ1n) is 3.76. The van der Waals surface area contributed by atoms with Crippen LogP contribution in [-0.4, -0.2) is 16.1 Å². The van der Waals surface area contributed by atoms with Crippen molar-refractivity contribution < 1.29 is 18.7 Å². The van der Waals surface area contributed by atoms with E-state index in [2.05, 4.69) is 20.9 Å². The summed E-state index contributed by atoms with van der Waals surface area (Å²) in [5, 5.41) is 8.58. The molecule has 1 heterocycles. The van der Waals surface area contributed by atoms with E-state index in [1.165, 1.54) is 6.07 Å². The van der Waals surface area contributed by atoms with Gasteiger partial charge in [-0.25, -0.2) is 13.8 Å². The Labute approximate surface area is 106 Å². The van der Waals surface area contributed by atoms with E-state index >= 15 is 0 Å². The van der Waals surface area contributed by atoms with Crippen molar-refractivity contribution in [1.82, 2.24) is 4.98 Å². The normalized spacial score (nSPS) is 10.7. The van der Waals surface area contributed by atoms with E-state index in [1.54, 1.807) is 0 Å². The average Bonchev–Trinajstić information content (AvgIpc) is 2.08. The van der Waals surface area contributed by atoms with Crippen LogP contribution in [0.5, 0.6) is 0 Å². The zero-order valence-electron chi connectivity index (χ0n) is 7.18. The van der Waals surface area contributed by atoms with Gasteiger partial charge in [0.05, 0.1) is 6.42 Å². The lowest BCUT2D eigenvalue weighted by Crippen LogP contribution is -2.08. The van der Waals surface area contributed by atoms with Crippen LogP contribution in [0.25, 0.3) is 0 Å². The number of aromatic nitrogens is 1. The number of rotatable bonds is 3. The SMILES string of the molecule is O=C(O)Cc1c(I)cc(Br)nc1C(F)F. The van der Waals surface area contributed by atoms with Gasteiger partial charge in [0.25, 0.3) is 6.43 Å². The van der Waals surface area contributed by atoms with Crippen molar-refractivity contribution >= 4 is 44.5 Å². The minimum atomic E-state index is -2.77. The fourth-order valence-electron chi connectivity index (χ4n) is 1.04. The second-order valence-corrected chi connectivity index (χ2v) is 4.64. The van der Waals surface area contributed by atoms with Crippen LogP contribution >= 0.6 is 38.5 Å². The highest BCUT2D eigenvalue weighted by molar-refractivity contribution is 14.1. The van der Waals surface area contributed by atoms with Crippen molar-refractivity contribution in [2.24, 2.45) is 0 Å². The third-order valence-corrected chi connectivity index (χ3v) is 2.97. The highest BCUT2D eigenvalue weighted by Gasteiger charge is 2.20. The molecule has 0 aliphatic rings. The highest BCUT2D eigenvalue weighted by atomic mass is 127. The Balaban J connectivity index is 3.26. The zero-order chi connectivity index (χ0) is 11.6. The predicted octanol–water partition coefficient (Wildman–Crippen LogP) is 3.01. The van der Waals surface area contributed by atoms with Crippen LogP contribution in [0.1, 0.15) is 17.7 Å². The van der Waals surface area contributed by atoms with Gasteiger partial charge in [0.2, 0.25) is 0 Å². The molecule has 0 spiro atoms. The number of halogens is 4. The van der Waals surface area contributed by atoms with Crippen molar-refractivity contribution in [2.75, 3.05) is 0 Å². The first kappa shape index (κ1) is 12.8. The monoisotopic (exact) mass is 391 g/mol. The molecule has 1 aromatic rings. The van der Waals surface area contributed by atoms with Gasteiger partial charge in [-0.1, -0.05) is 0 Å². The second-order valence-electron chi connectivity index (χ2n) is 2.66. The minimum absolute atomic E-state index is 0.0706. The predicted molar refractivity (Wildman–Crippen MR) is 61.0 cm³/mol. The largest absolute Gasteiger partial charge is 0.481 e. The molecule has 3 nitrogen and oxygen atoms in total. The topological polar surface area (TPSA) is 50.2 Å². The van der Waals surface area contributed by atoms with Crippen LogP contribution in [0.4, 0.5) is 8.78 Å². The summed E-state index contributed by atoms with van der Waals surface area (Å²) < 4.78 is 25.9. The summed E-state index contributed by atoms with van der Waals surface area (Å²) in [5.41, 5.74) is -0.405. The van der Waals surface area contributed by atoms with Crippen molar-refractivity contribution in [3.05, 3.63) is 25.5 Å². The molecular formula is C8H5BrF2INO2. The summed E-state index contributed by atoms with van der Waals surface area (Å²) in [6.07, 6.45) is -3.22. The number of carboxylic acids is 1. The first-order valence-corrected chi connectivity index (χ1v) is 5.63. The molecule has 0 saturated carbocycles. The van der Waals surface area contributed by atoms with E-state index in [0.29, 0.717) is 3.57 Å². The number of nitrogens with zero attached hydrogens (tertiary/aromatic N) is 1. The minimum Gasteiger partial charge on any atom is -0.481 e. The molecule has 0 bridgehead atoms. The molecule has 1 rings (SSSR count). The molecule has 0 aliphatic heterocycles. The fourth-order valence-corrected chi connectivity index (χ4v) is 2.65. The number of aliphatic carboxylic acids is 1. The van der Waals surface area contributed by atoms with Crippen LogP contribution in [0.15, 0.2) is 10.7 Å². The van der Waals surface area contributed by atoms with Crippen LogP contribution in [0, 0.1) is 3.57 Å². The lowest BCUT2D eigenvalue weighted by atomic mass is 10.1. The van der Waals surface area contributed by atoms with E-state index in [0.717, 1.165) is 0 Å². The molecule has 0 amide bonds. The van der Waals surface area contributed by atoms with Gasteiger partial charge in [-0.3, -0.25) is 4.79 Å². The first-order chi connectivity index (χ1) is 6.91. The van der Waals surface area contributed by atoms with Crippen molar-refractivity contribution in [2.45, 2.75) is 12.8 Å². The summed E-state index contributed by atoms with van der Waals surface area (Å²) >= 11 is 4.80. The Morgan fingerprint density at radius 1 is 1.67 bits per heavy atom. The van der Waals surface area contributed by atoms with Gasteiger partial charge >= 0.3 is 5.97 Å². The molecule has 0 radical (unpaired) electrons. The maximum absolute atomic E-state index is 12.6. The summed E-state index contributed by atoms with van der Waals surface area (Å²) in [5.74, 6) is -1.15. The van der Waals surface area contributed by atoms with Crippen LogP contribution in [0.2, 0.25) is 0 Å². The van der Waals surface area contributed by atoms with Crippen molar-refractivity contribution in [3.63, 3.8) is 0 Å². The number of carbonyl (C=O) groups is 1. The van der Waals surface area contributed by atoms with Crippen molar-refractivity contribution in [1.29, 1.82) is 0 Å². The Morgan fingerprint density at radius 2 is 2.27 bits per heavy atom. The highest BCUT2D eigenvalue weighted by Crippen LogP contribution is 2.27. The third kappa shape index (κ3) is 3.33. The Kier molecular flexibility index (Phi) is 4.38. The van der Waals surface area contributed by atoms with Gasteiger partial charge < -0.3 is 5.11 Å². The molecule has 0 atom stereocenters. The molecule has 0 unspecified atom stereocenters. The number of hydrogen-bond donors (Lipinski definition) is 1. The molecule has 1 N–H and O–H groups in total. The molecule has 0 fully saturated rings. The van der Waals surface area contributed by atoms with Crippen LogP contribution in [0.3, 0.4) is 0 Å². The summed E-state index contributed by atoms with van der Waals surface area (Å²) in [6.45, 7) is 0. The number of alkyl halides is 2. The summed E-state index contributed by atoms with van der Waals surface area (Å²) in [4.78, 5) is 14.1. The van der Waals surface area contributed by atoms with Crippen LogP contribution < -0.4 is 0 Å². The van der Waals surface area contributed by atoms with Gasteiger partial charge in [-0.15, -0.1) is 0 Å². The molecule has 1 aromatic heterocycles. The summed E-state index contributed by atoms with van der Waals surface area (Å²) in [6, 6.07) is 1.50. The van der Waals surface area contributed by atoms with Gasteiger partial charge in [-0.2, -0.15) is 0 Å². The van der Waals surface area contributed by atoms with E-state index < -0.39 is 24.5 Å². The van der Waals surface area contributed by atoms with Gasteiger partial charge in [0.1, 0.15) is 10.3 Å². The average molecular weight is 392 g/mol. The second kappa shape index (κ2) is 5.15. The van der Waals surface area contributed by atoms with E-state index in [9.17, 15) is 13.6 Å². The molecule has 0 saturated heterocycles. The quantitative estimate of drug-likeness (QED) is 0.636.